The minimum Gasteiger partial charge on any atom is -0.375 e. The van der Waals surface area contributed by atoms with Crippen molar-refractivity contribution < 1.29 is 9.47 Å². The fraction of sp³-hybridized carbons (Fsp3) is 1.00. The number of epoxide rings is 1. The highest BCUT2D eigenvalue weighted by molar-refractivity contribution is 5.02. The second-order valence-electron chi connectivity index (χ2n) is 6.71. The average Bonchev–Trinajstić information content (AvgIpc) is 3.04. The van der Waals surface area contributed by atoms with Crippen LogP contribution in [0.1, 0.15) is 57.8 Å². The molecule has 2 aliphatic carbocycles. The largest absolute Gasteiger partial charge is 0.375 e. The van der Waals surface area contributed by atoms with E-state index in [9.17, 15) is 0 Å². The smallest absolute Gasteiger partial charge is 0.0872 e. The predicted molar refractivity (Wildman–Crippen MR) is 65.9 cm³/mol. The minimum absolute atomic E-state index is 0.303. The van der Waals surface area contributed by atoms with Crippen LogP contribution in [-0.2, 0) is 9.47 Å². The molecule has 0 amide bonds. The number of hydrogen-bond donors (Lipinski definition) is 0. The van der Waals surface area contributed by atoms with Gasteiger partial charge in [-0.2, -0.15) is 0 Å². The van der Waals surface area contributed by atoms with Crippen molar-refractivity contribution in [2.24, 2.45) is 11.8 Å². The van der Waals surface area contributed by atoms with Gasteiger partial charge in [-0.1, -0.05) is 0 Å². The molecule has 17 heavy (non-hydrogen) atoms. The first-order valence-electron chi connectivity index (χ1n) is 7.66. The standard InChI is InChI=1S/C15H24O2/c1-2-10-16-15(7-1)8-5-11(6-9-15)12-3-4-13-14(12)17-13/h11-14H,1-10H2. The Kier molecular flexibility index (Phi) is 2.52. The van der Waals surface area contributed by atoms with Gasteiger partial charge in [-0.15, -0.1) is 0 Å². The maximum Gasteiger partial charge on any atom is 0.0872 e. The summed E-state index contributed by atoms with van der Waals surface area (Å²) in [4.78, 5) is 0. The van der Waals surface area contributed by atoms with Crippen LogP contribution in [0.4, 0.5) is 0 Å². The first-order valence-corrected chi connectivity index (χ1v) is 7.66. The molecule has 4 aliphatic rings. The quantitative estimate of drug-likeness (QED) is 0.652. The third-order valence-electron chi connectivity index (χ3n) is 5.81. The zero-order valence-corrected chi connectivity index (χ0v) is 10.7. The van der Waals surface area contributed by atoms with E-state index in [2.05, 4.69) is 0 Å². The van der Waals surface area contributed by atoms with Crippen LogP contribution in [0.15, 0.2) is 0 Å². The fourth-order valence-electron chi connectivity index (χ4n) is 4.69. The summed E-state index contributed by atoms with van der Waals surface area (Å²) < 4.78 is 11.8. The molecule has 2 saturated heterocycles. The molecule has 0 aromatic heterocycles. The Labute approximate surface area is 104 Å². The summed E-state index contributed by atoms with van der Waals surface area (Å²) in [5, 5.41) is 0. The molecule has 0 aromatic carbocycles. The Bertz CT molecular complexity index is 285. The van der Waals surface area contributed by atoms with Crippen LogP contribution in [0, 0.1) is 11.8 Å². The van der Waals surface area contributed by atoms with E-state index in [4.69, 9.17) is 9.47 Å². The zero-order chi connectivity index (χ0) is 11.3. The van der Waals surface area contributed by atoms with E-state index >= 15 is 0 Å². The third kappa shape index (κ3) is 1.84. The van der Waals surface area contributed by atoms with Crippen LogP contribution in [0.2, 0.25) is 0 Å². The van der Waals surface area contributed by atoms with Crippen LogP contribution in [0.5, 0.6) is 0 Å². The van der Waals surface area contributed by atoms with E-state index in [0.29, 0.717) is 17.8 Å². The van der Waals surface area contributed by atoms with Crippen molar-refractivity contribution in [2.75, 3.05) is 6.61 Å². The molecule has 4 fully saturated rings. The highest BCUT2D eigenvalue weighted by atomic mass is 16.6. The zero-order valence-electron chi connectivity index (χ0n) is 10.7. The van der Waals surface area contributed by atoms with Crippen molar-refractivity contribution >= 4 is 0 Å². The van der Waals surface area contributed by atoms with Gasteiger partial charge in [0.25, 0.3) is 0 Å². The van der Waals surface area contributed by atoms with E-state index in [1.54, 1.807) is 0 Å². The molecule has 2 heterocycles. The van der Waals surface area contributed by atoms with E-state index in [1.807, 2.05) is 0 Å². The average molecular weight is 236 g/mol. The molecule has 3 unspecified atom stereocenters. The Hall–Kier alpha value is -0.0800. The maximum absolute atomic E-state index is 6.12. The van der Waals surface area contributed by atoms with Gasteiger partial charge in [0.1, 0.15) is 0 Å². The molecule has 2 saturated carbocycles. The van der Waals surface area contributed by atoms with E-state index in [-0.39, 0.29) is 0 Å². The van der Waals surface area contributed by atoms with Gasteiger partial charge in [-0.05, 0) is 69.6 Å². The second-order valence-corrected chi connectivity index (χ2v) is 6.71. The maximum atomic E-state index is 6.12. The molecule has 2 nitrogen and oxygen atoms in total. The molecule has 4 rings (SSSR count). The van der Waals surface area contributed by atoms with Crippen LogP contribution >= 0.6 is 0 Å². The summed E-state index contributed by atoms with van der Waals surface area (Å²) in [6.07, 6.45) is 13.6. The molecule has 1 spiro atoms. The third-order valence-corrected chi connectivity index (χ3v) is 5.81. The predicted octanol–water partition coefficient (Wildman–Crippen LogP) is 3.29. The topological polar surface area (TPSA) is 21.8 Å². The molecule has 3 atom stereocenters. The monoisotopic (exact) mass is 236 g/mol. The lowest BCUT2D eigenvalue weighted by atomic mass is 9.71. The first-order chi connectivity index (χ1) is 8.36. The van der Waals surface area contributed by atoms with Crippen LogP contribution < -0.4 is 0 Å². The van der Waals surface area contributed by atoms with Crippen LogP contribution in [0.3, 0.4) is 0 Å². The Balaban J connectivity index is 1.37. The number of hydrogen-bond acceptors (Lipinski definition) is 2. The summed E-state index contributed by atoms with van der Waals surface area (Å²) in [6, 6.07) is 0. The molecular formula is C15H24O2. The summed E-state index contributed by atoms with van der Waals surface area (Å²) in [7, 11) is 0. The first kappa shape index (κ1) is 10.8. The molecule has 0 bridgehead atoms. The Morgan fingerprint density at radius 1 is 0.882 bits per heavy atom. The van der Waals surface area contributed by atoms with Crippen molar-refractivity contribution in [1.29, 1.82) is 0 Å². The number of rotatable bonds is 1. The molecule has 2 heteroatoms. The van der Waals surface area contributed by atoms with Crippen molar-refractivity contribution in [3.05, 3.63) is 0 Å². The van der Waals surface area contributed by atoms with Gasteiger partial charge in [0.15, 0.2) is 0 Å². The summed E-state index contributed by atoms with van der Waals surface area (Å²) in [5.74, 6) is 1.85. The summed E-state index contributed by atoms with van der Waals surface area (Å²) in [6.45, 7) is 1.02. The lowest BCUT2D eigenvalue weighted by molar-refractivity contribution is -0.110. The minimum atomic E-state index is 0.303. The van der Waals surface area contributed by atoms with Gasteiger partial charge in [-0.25, -0.2) is 0 Å². The summed E-state index contributed by atoms with van der Waals surface area (Å²) in [5.41, 5.74) is 0.303. The normalized spacial score (nSPS) is 53.6. The van der Waals surface area contributed by atoms with Crippen LogP contribution in [0.25, 0.3) is 0 Å². The van der Waals surface area contributed by atoms with Crippen molar-refractivity contribution in [2.45, 2.75) is 75.6 Å². The Morgan fingerprint density at radius 3 is 2.35 bits per heavy atom. The van der Waals surface area contributed by atoms with E-state index in [1.165, 1.54) is 57.8 Å². The van der Waals surface area contributed by atoms with E-state index < -0.39 is 0 Å². The lowest BCUT2D eigenvalue weighted by Gasteiger charge is -2.44. The van der Waals surface area contributed by atoms with Gasteiger partial charge in [0, 0.05) is 6.61 Å². The second kappa shape index (κ2) is 3.96. The molecule has 96 valence electrons. The van der Waals surface area contributed by atoms with Crippen LogP contribution in [-0.4, -0.2) is 24.4 Å². The van der Waals surface area contributed by atoms with Gasteiger partial charge in [0.2, 0.25) is 0 Å². The molecule has 0 aromatic rings. The molecule has 0 N–H and O–H groups in total. The number of fused-ring (bicyclic) bond motifs is 1. The van der Waals surface area contributed by atoms with Crippen molar-refractivity contribution in [3.63, 3.8) is 0 Å². The Morgan fingerprint density at radius 2 is 1.76 bits per heavy atom. The fourth-order valence-corrected chi connectivity index (χ4v) is 4.69. The summed E-state index contributed by atoms with van der Waals surface area (Å²) >= 11 is 0. The molecule has 2 aliphatic heterocycles. The highest BCUT2D eigenvalue weighted by Gasteiger charge is 2.53. The lowest BCUT2D eigenvalue weighted by Crippen LogP contribution is -2.41. The van der Waals surface area contributed by atoms with Crippen molar-refractivity contribution in [3.8, 4) is 0 Å². The van der Waals surface area contributed by atoms with Crippen molar-refractivity contribution in [1.82, 2.24) is 0 Å². The van der Waals surface area contributed by atoms with E-state index in [0.717, 1.165) is 18.4 Å². The van der Waals surface area contributed by atoms with Gasteiger partial charge in [0.05, 0.1) is 17.8 Å². The van der Waals surface area contributed by atoms with Gasteiger partial charge in [-0.3, -0.25) is 0 Å². The van der Waals surface area contributed by atoms with Gasteiger partial charge >= 0.3 is 0 Å². The molecular weight excluding hydrogens is 212 g/mol. The van der Waals surface area contributed by atoms with Gasteiger partial charge < -0.3 is 9.47 Å². The molecule has 0 radical (unpaired) electrons. The highest BCUT2D eigenvalue weighted by Crippen LogP contribution is 2.51. The SMILES string of the molecule is C1CCC2(CCC(C3CCC4OC43)CC2)OC1. The number of ether oxygens (including phenoxy) is 2.